The zero-order chi connectivity index (χ0) is 13.7. The van der Waals surface area contributed by atoms with Gasteiger partial charge >= 0.3 is 0 Å². The summed E-state index contributed by atoms with van der Waals surface area (Å²) in [7, 11) is 1.75. The fourth-order valence-corrected chi connectivity index (χ4v) is 2.60. The molecule has 1 aliphatic carbocycles. The topological polar surface area (TPSA) is 24.5 Å². The van der Waals surface area contributed by atoms with Gasteiger partial charge in [0.25, 0.3) is 0 Å². The SMILES string of the molecule is CCN(CCOC)c1ccc(CNC2CC2)c(Br)c1. The highest BCUT2D eigenvalue weighted by molar-refractivity contribution is 9.10. The van der Waals surface area contributed by atoms with Gasteiger partial charge in [-0.15, -0.1) is 0 Å². The van der Waals surface area contributed by atoms with E-state index in [0.29, 0.717) is 0 Å². The monoisotopic (exact) mass is 326 g/mol. The highest BCUT2D eigenvalue weighted by Crippen LogP contribution is 2.26. The van der Waals surface area contributed by atoms with Gasteiger partial charge in [-0.2, -0.15) is 0 Å². The predicted molar refractivity (Wildman–Crippen MR) is 83.8 cm³/mol. The molecule has 0 amide bonds. The first kappa shape index (κ1) is 14.8. The van der Waals surface area contributed by atoms with Crippen LogP contribution in [0.3, 0.4) is 0 Å². The number of nitrogens with zero attached hydrogens (tertiary/aromatic N) is 1. The molecule has 4 heteroatoms. The molecule has 0 bridgehead atoms. The molecule has 0 saturated heterocycles. The van der Waals surface area contributed by atoms with Crippen molar-refractivity contribution < 1.29 is 4.74 Å². The van der Waals surface area contributed by atoms with E-state index in [4.69, 9.17) is 4.74 Å². The maximum atomic E-state index is 5.16. The number of anilines is 1. The Bertz CT molecular complexity index is 407. The van der Waals surface area contributed by atoms with Gasteiger partial charge in [0.1, 0.15) is 0 Å². The lowest BCUT2D eigenvalue weighted by molar-refractivity contribution is 0.205. The Morgan fingerprint density at radius 2 is 2.21 bits per heavy atom. The zero-order valence-electron chi connectivity index (χ0n) is 11.8. The lowest BCUT2D eigenvalue weighted by Gasteiger charge is -2.23. The van der Waals surface area contributed by atoms with Crippen molar-refractivity contribution in [3.63, 3.8) is 0 Å². The summed E-state index contributed by atoms with van der Waals surface area (Å²) < 4.78 is 6.35. The molecule has 3 nitrogen and oxygen atoms in total. The second-order valence-electron chi connectivity index (χ2n) is 5.00. The molecule has 0 aromatic heterocycles. The van der Waals surface area contributed by atoms with Crippen molar-refractivity contribution in [3.05, 3.63) is 28.2 Å². The van der Waals surface area contributed by atoms with Crippen LogP contribution >= 0.6 is 15.9 Å². The molecular weight excluding hydrogens is 304 g/mol. The van der Waals surface area contributed by atoms with Crippen molar-refractivity contribution in [1.29, 1.82) is 0 Å². The summed E-state index contributed by atoms with van der Waals surface area (Å²) in [5.74, 6) is 0. The highest BCUT2D eigenvalue weighted by atomic mass is 79.9. The van der Waals surface area contributed by atoms with Gasteiger partial charge in [-0.05, 0) is 37.5 Å². The molecule has 1 aromatic rings. The predicted octanol–water partition coefficient (Wildman–Crippen LogP) is 3.17. The van der Waals surface area contributed by atoms with Gasteiger partial charge in [-0.3, -0.25) is 0 Å². The number of rotatable bonds is 8. The van der Waals surface area contributed by atoms with Crippen LogP contribution in [0.2, 0.25) is 0 Å². The van der Waals surface area contributed by atoms with Crippen LogP contribution in [-0.4, -0.2) is 32.8 Å². The number of likely N-dealkylation sites (N-methyl/N-ethyl adjacent to an activating group) is 1. The molecule has 0 spiro atoms. The van der Waals surface area contributed by atoms with Crippen LogP contribution in [-0.2, 0) is 11.3 Å². The number of halogens is 1. The Kier molecular flexibility index (Phi) is 5.67. The van der Waals surface area contributed by atoms with Crippen LogP contribution in [0.1, 0.15) is 25.3 Å². The van der Waals surface area contributed by atoms with Crippen LogP contribution in [0.15, 0.2) is 22.7 Å². The largest absolute Gasteiger partial charge is 0.383 e. The molecule has 0 heterocycles. The van der Waals surface area contributed by atoms with Gasteiger partial charge in [0.15, 0.2) is 0 Å². The average Bonchev–Trinajstić information content (AvgIpc) is 3.23. The lowest BCUT2D eigenvalue weighted by atomic mass is 10.2. The molecular formula is C15H23BrN2O. The lowest BCUT2D eigenvalue weighted by Crippen LogP contribution is -2.26. The van der Waals surface area contributed by atoms with Crippen LogP contribution < -0.4 is 10.2 Å². The number of hydrogen-bond donors (Lipinski definition) is 1. The first-order valence-corrected chi connectivity index (χ1v) is 7.79. The molecule has 1 aromatic carbocycles. The van der Waals surface area contributed by atoms with E-state index in [1.807, 2.05) is 0 Å². The van der Waals surface area contributed by atoms with Gasteiger partial charge in [-0.25, -0.2) is 0 Å². The Balaban J connectivity index is 1.98. The van der Waals surface area contributed by atoms with Gasteiger partial charge in [-0.1, -0.05) is 22.0 Å². The van der Waals surface area contributed by atoms with Gasteiger partial charge in [0.2, 0.25) is 0 Å². The standard InChI is InChI=1S/C15H23BrN2O/c1-3-18(8-9-19-2)14-7-4-12(15(16)10-14)11-17-13-5-6-13/h4,7,10,13,17H,3,5-6,8-9,11H2,1-2H3. The third-order valence-electron chi connectivity index (χ3n) is 3.51. The Labute approximate surface area is 124 Å². The zero-order valence-corrected chi connectivity index (χ0v) is 13.4. The van der Waals surface area contributed by atoms with Crippen LogP contribution in [0.5, 0.6) is 0 Å². The van der Waals surface area contributed by atoms with Crippen molar-refractivity contribution in [2.45, 2.75) is 32.4 Å². The first-order chi connectivity index (χ1) is 9.24. The average molecular weight is 327 g/mol. The third kappa shape index (κ3) is 4.48. The Morgan fingerprint density at radius 3 is 2.79 bits per heavy atom. The van der Waals surface area contributed by atoms with Gasteiger partial charge in [0.05, 0.1) is 6.61 Å². The first-order valence-electron chi connectivity index (χ1n) is 7.00. The second-order valence-corrected chi connectivity index (χ2v) is 5.86. The molecule has 1 N–H and O–H groups in total. The van der Waals surface area contributed by atoms with E-state index in [0.717, 1.165) is 32.3 Å². The summed E-state index contributed by atoms with van der Waals surface area (Å²) in [6, 6.07) is 7.38. The molecule has 1 saturated carbocycles. The molecule has 0 atom stereocenters. The minimum atomic E-state index is 0.750. The molecule has 19 heavy (non-hydrogen) atoms. The maximum Gasteiger partial charge on any atom is 0.0637 e. The van der Waals surface area contributed by atoms with E-state index >= 15 is 0 Å². The minimum absolute atomic E-state index is 0.750. The van der Waals surface area contributed by atoms with Crippen LogP contribution in [0, 0.1) is 0 Å². The van der Waals surface area contributed by atoms with Crippen molar-refractivity contribution in [2.24, 2.45) is 0 Å². The van der Waals surface area contributed by atoms with E-state index in [1.54, 1.807) is 7.11 Å². The highest BCUT2D eigenvalue weighted by Gasteiger charge is 2.20. The Hall–Kier alpha value is -0.580. The van der Waals surface area contributed by atoms with E-state index in [9.17, 15) is 0 Å². The quantitative estimate of drug-likeness (QED) is 0.794. The number of nitrogens with one attached hydrogen (secondary N) is 1. The number of methoxy groups -OCH3 is 1. The smallest absolute Gasteiger partial charge is 0.0637 e. The van der Waals surface area contributed by atoms with Crippen molar-refractivity contribution in [1.82, 2.24) is 5.32 Å². The summed E-state index contributed by atoms with van der Waals surface area (Å²) in [6.07, 6.45) is 2.66. The molecule has 106 valence electrons. The van der Waals surface area contributed by atoms with E-state index < -0.39 is 0 Å². The fraction of sp³-hybridized carbons (Fsp3) is 0.600. The molecule has 0 radical (unpaired) electrons. The molecule has 0 unspecified atom stereocenters. The number of ether oxygens (including phenoxy) is 1. The number of hydrogen-bond acceptors (Lipinski definition) is 3. The van der Waals surface area contributed by atoms with Crippen LogP contribution in [0.25, 0.3) is 0 Å². The summed E-state index contributed by atoms with van der Waals surface area (Å²) in [5, 5.41) is 3.55. The summed E-state index contributed by atoms with van der Waals surface area (Å²) in [5.41, 5.74) is 2.58. The van der Waals surface area contributed by atoms with Crippen LogP contribution in [0.4, 0.5) is 5.69 Å². The molecule has 2 rings (SSSR count). The molecule has 1 fully saturated rings. The summed E-state index contributed by atoms with van der Waals surface area (Å²) in [6.45, 7) is 5.81. The van der Waals surface area contributed by atoms with E-state index in [2.05, 4.69) is 51.3 Å². The van der Waals surface area contributed by atoms with Crippen molar-refractivity contribution in [2.75, 3.05) is 31.7 Å². The maximum absolute atomic E-state index is 5.16. The molecule has 0 aliphatic heterocycles. The van der Waals surface area contributed by atoms with E-state index in [-0.39, 0.29) is 0 Å². The fourth-order valence-electron chi connectivity index (χ4n) is 2.09. The van der Waals surface area contributed by atoms with Gasteiger partial charge in [0, 0.05) is 42.9 Å². The van der Waals surface area contributed by atoms with E-state index in [1.165, 1.54) is 28.6 Å². The normalized spacial score (nSPS) is 14.7. The molecule has 1 aliphatic rings. The van der Waals surface area contributed by atoms with Crippen molar-refractivity contribution in [3.8, 4) is 0 Å². The third-order valence-corrected chi connectivity index (χ3v) is 4.25. The minimum Gasteiger partial charge on any atom is -0.383 e. The van der Waals surface area contributed by atoms with Crippen molar-refractivity contribution >= 4 is 21.6 Å². The summed E-state index contributed by atoms with van der Waals surface area (Å²) >= 11 is 3.69. The summed E-state index contributed by atoms with van der Waals surface area (Å²) in [4.78, 5) is 2.33. The van der Waals surface area contributed by atoms with Gasteiger partial charge < -0.3 is 15.0 Å². The Morgan fingerprint density at radius 1 is 1.42 bits per heavy atom. The number of benzene rings is 1. The second kappa shape index (κ2) is 7.27.